The topological polar surface area (TPSA) is 55.5 Å². The maximum atomic E-state index is 10.9. The molecule has 2 aromatic rings. The molecule has 102 valence electrons. The zero-order valence-corrected chi connectivity index (χ0v) is 11.7. The quantitative estimate of drug-likeness (QED) is 0.907. The highest BCUT2D eigenvalue weighted by Gasteiger charge is 2.40. The van der Waals surface area contributed by atoms with Crippen LogP contribution in [0.15, 0.2) is 29.6 Å². The predicted octanol–water partition coefficient (Wildman–Crippen LogP) is 2.69. The molecule has 0 aliphatic carbocycles. The van der Waals surface area contributed by atoms with Gasteiger partial charge in [-0.05, 0) is 35.2 Å². The van der Waals surface area contributed by atoms with E-state index < -0.39 is 6.10 Å². The molecular weight excluding hydrogens is 258 g/mol. The minimum atomic E-state index is -0.502. The molecule has 0 saturated carbocycles. The van der Waals surface area contributed by atoms with Crippen molar-refractivity contribution < 1.29 is 9.84 Å². The van der Waals surface area contributed by atoms with Gasteiger partial charge in [0.1, 0.15) is 0 Å². The van der Waals surface area contributed by atoms with Gasteiger partial charge in [-0.1, -0.05) is 18.2 Å². The first-order valence-electron chi connectivity index (χ1n) is 6.69. The van der Waals surface area contributed by atoms with Crippen molar-refractivity contribution in [1.29, 1.82) is 0 Å². The van der Waals surface area contributed by atoms with E-state index in [2.05, 4.69) is 17.5 Å². The van der Waals surface area contributed by atoms with Crippen LogP contribution in [0.3, 0.4) is 0 Å². The number of nitrogens with two attached hydrogens (primary N) is 1. The van der Waals surface area contributed by atoms with Crippen LogP contribution in [0, 0.1) is 5.41 Å². The summed E-state index contributed by atoms with van der Waals surface area (Å²) in [5.41, 5.74) is 6.76. The average molecular weight is 277 g/mol. The summed E-state index contributed by atoms with van der Waals surface area (Å²) < 4.78 is 6.64. The second kappa shape index (κ2) is 5.21. The number of aliphatic hydroxyl groups is 1. The van der Waals surface area contributed by atoms with Crippen LogP contribution in [0.4, 0.5) is 0 Å². The molecule has 0 bridgehead atoms. The third kappa shape index (κ3) is 2.19. The van der Waals surface area contributed by atoms with E-state index in [-0.39, 0.29) is 5.41 Å². The van der Waals surface area contributed by atoms with Crippen LogP contribution in [0.1, 0.15) is 24.5 Å². The largest absolute Gasteiger partial charge is 0.388 e. The van der Waals surface area contributed by atoms with E-state index in [9.17, 15) is 5.11 Å². The fourth-order valence-corrected chi connectivity index (χ4v) is 3.89. The second-order valence-electron chi connectivity index (χ2n) is 5.27. The van der Waals surface area contributed by atoms with Gasteiger partial charge in [0.15, 0.2) is 0 Å². The number of fused-ring (bicyclic) bond motifs is 1. The number of rotatable bonds is 3. The van der Waals surface area contributed by atoms with Crippen LogP contribution in [0.5, 0.6) is 0 Å². The zero-order chi connectivity index (χ0) is 13.3. The molecule has 4 heteroatoms. The monoisotopic (exact) mass is 277 g/mol. The first kappa shape index (κ1) is 13.1. The van der Waals surface area contributed by atoms with Crippen molar-refractivity contribution in [3.8, 4) is 0 Å². The van der Waals surface area contributed by atoms with E-state index in [1.165, 1.54) is 4.70 Å². The first-order chi connectivity index (χ1) is 9.27. The van der Waals surface area contributed by atoms with Gasteiger partial charge in [-0.3, -0.25) is 0 Å². The third-order valence-electron chi connectivity index (χ3n) is 4.28. The van der Waals surface area contributed by atoms with Crippen molar-refractivity contribution in [3.05, 3.63) is 35.2 Å². The molecule has 1 fully saturated rings. The standard InChI is InChI=1S/C15H19NO2S/c16-10-15(5-7-18-8-6-15)14(17)12-9-19-13-4-2-1-3-11(12)13/h1-4,9,14,17H,5-8,10,16H2. The Morgan fingerprint density at radius 2 is 2.05 bits per heavy atom. The number of hydrogen-bond donors (Lipinski definition) is 2. The summed E-state index contributed by atoms with van der Waals surface area (Å²) in [6.45, 7) is 1.88. The van der Waals surface area contributed by atoms with Gasteiger partial charge in [-0.2, -0.15) is 0 Å². The molecule has 0 radical (unpaired) electrons. The average Bonchev–Trinajstić information content (AvgIpc) is 2.91. The smallest absolute Gasteiger partial charge is 0.0874 e. The molecule has 1 aliphatic rings. The molecule has 19 heavy (non-hydrogen) atoms. The molecule has 1 atom stereocenters. The summed E-state index contributed by atoms with van der Waals surface area (Å²) in [5, 5.41) is 14.1. The predicted molar refractivity (Wildman–Crippen MR) is 78.3 cm³/mol. The summed E-state index contributed by atoms with van der Waals surface area (Å²) in [6.07, 6.45) is 1.15. The van der Waals surface area contributed by atoms with E-state index in [0.29, 0.717) is 19.8 Å². The van der Waals surface area contributed by atoms with Gasteiger partial charge >= 0.3 is 0 Å². The van der Waals surface area contributed by atoms with Crippen molar-refractivity contribution in [2.75, 3.05) is 19.8 Å². The van der Waals surface area contributed by atoms with E-state index in [0.717, 1.165) is 23.8 Å². The summed E-state index contributed by atoms with van der Waals surface area (Å²) >= 11 is 1.68. The van der Waals surface area contributed by atoms with Crippen LogP contribution in [0.25, 0.3) is 10.1 Å². The minimum absolute atomic E-state index is 0.234. The second-order valence-corrected chi connectivity index (χ2v) is 6.18. The van der Waals surface area contributed by atoms with Crippen LogP contribution in [0.2, 0.25) is 0 Å². The lowest BCUT2D eigenvalue weighted by Crippen LogP contribution is -2.41. The Morgan fingerprint density at radius 1 is 1.32 bits per heavy atom. The molecule has 1 aromatic heterocycles. The Kier molecular flexibility index (Phi) is 3.58. The van der Waals surface area contributed by atoms with Gasteiger partial charge < -0.3 is 15.6 Å². The van der Waals surface area contributed by atoms with Crippen molar-refractivity contribution in [2.24, 2.45) is 11.1 Å². The fraction of sp³-hybridized carbons (Fsp3) is 0.467. The van der Waals surface area contributed by atoms with E-state index in [1.54, 1.807) is 11.3 Å². The lowest BCUT2D eigenvalue weighted by molar-refractivity contribution is -0.0574. The fourth-order valence-electron chi connectivity index (χ4n) is 2.91. The van der Waals surface area contributed by atoms with E-state index in [1.807, 2.05) is 12.1 Å². The molecule has 1 aliphatic heterocycles. The summed E-state index contributed by atoms with van der Waals surface area (Å²) in [7, 11) is 0. The van der Waals surface area contributed by atoms with Crippen molar-refractivity contribution in [2.45, 2.75) is 18.9 Å². The minimum Gasteiger partial charge on any atom is -0.388 e. The highest BCUT2D eigenvalue weighted by molar-refractivity contribution is 7.17. The normalized spacial score (nSPS) is 20.5. The maximum absolute atomic E-state index is 10.9. The Morgan fingerprint density at radius 3 is 2.79 bits per heavy atom. The number of hydrogen-bond acceptors (Lipinski definition) is 4. The SMILES string of the molecule is NCC1(C(O)c2csc3ccccc23)CCOCC1. The van der Waals surface area contributed by atoms with Gasteiger partial charge in [0.05, 0.1) is 6.10 Å². The Hall–Kier alpha value is -0.940. The van der Waals surface area contributed by atoms with Gasteiger partial charge in [-0.15, -0.1) is 11.3 Å². The number of benzene rings is 1. The molecule has 1 aromatic carbocycles. The van der Waals surface area contributed by atoms with E-state index >= 15 is 0 Å². The Bertz CT molecular complexity index is 560. The summed E-state index contributed by atoms with van der Waals surface area (Å²) in [5.74, 6) is 0. The van der Waals surface area contributed by atoms with Gasteiger partial charge in [-0.25, -0.2) is 0 Å². The van der Waals surface area contributed by atoms with E-state index in [4.69, 9.17) is 10.5 Å². The lowest BCUT2D eigenvalue weighted by atomic mass is 9.73. The molecule has 1 unspecified atom stereocenters. The molecule has 0 spiro atoms. The highest BCUT2D eigenvalue weighted by Crippen LogP contribution is 2.44. The van der Waals surface area contributed by atoms with Crippen molar-refractivity contribution in [1.82, 2.24) is 0 Å². The molecule has 0 amide bonds. The number of ether oxygens (including phenoxy) is 1. The molecule has 3 nitrogen and oxygen atoms in total. The molecule has 3 N–H and O–H groups in total. The van der Waals surface area contributed by atoms with Gasteiger partial charge in [0.25, 0.3) is 0 Å². The summed E-state index contributed by atoms with van der Waals surface area (Å²) in [4.78, 5) is 0. The summed E-state index contributed by atoms with van der Waals surface area (Å²) in [6, 6.07) is 8.22. The Balaban J connectivity index is 2.00. The van der Waals surface area contributed by atoms with Crippen molar-refractivity contribution >= 4 is 21.4 Å². The maximum Gasteiger partial charge on any atom is 0.0874 e. The van der Waals surface area contributed by atoms with Crippen LogP contribution in [-0.4, -0.2) is 24.9 Å². The zero-order valence-electron chi connectivity index (χ0n) is 10.8. The highest BCUT2D eigenvalue weighted by atomic mass is 32.1. The third-order valence-corrected chi connectivity index (χ3v) is 5.26. The Labute approximate surface area is 117 Å². The van der Waals surface area contributed by atoms with Crippen LogP contribution in [-0.2, 0) is 4.74 Å². The number of thiophene rings is 1. The van der Waals surface area contributed by atoms with Crippen molar-refractivity contribution in [3.63, 3.8) is 0 Å². The van der Waals surface area contributed by atoms with Crippen LogP contribution < -0.4 is 5.73 Å². The molecular formula is C15H19NO2S. The molecule has 1 saturated heterocycles. The number of aliphatic hydroxyl groups excluding tert-OH is 1. The van der Waals surface area contributed by atoms with Gasteiger partial charge in [0.2, 0.25) is 0 Å². The van der Waals surface area contributed by atoms with Crippen LogP contribution >= 0.6 is 11.3 Å². The molecule has 2 heterocycles. The lowest BCUT2D eigenvalue weighted by Gasteiger charge is -2.40. The molecule has 3 rings (SSSR count). The first-order valence-corrected chi connectivity index (χ1v) is 7.57. The van der Waals surface area contributed by atoms with Gasteiger partial charge in [0, 0.05) is 29.9 Å².